The number of hydrogen-bond donors (Lipinski definition) is 2. The number of halogens is 3. The molecule has 0 spiro atoms. The van der Waals surface area contributed by atoms with Gasteiger partial charge < -0.3 is 15.5 Å². The fourth-order valence-corrected chi connectivity index (χ4v) is 3.27. The first-order valence-electron chi connectivity index (χ1n) is 9.37. The van der Waals surface area contributed by atoms with Gasteiger partial charge in [-0.15, -0.1) is 11.3 Å². The van der Waals surface area contributed by atoms with E-state index in [1.165, 1.54) is 11.0 Å². The van der Waals surface area contributed by atoms with Crippen molar-refractivity contribution >= 4 is 23.2 Å². The van der Waals surface area contributed by atoms with Crippen molar-refractivity contribution < 1.29 is 18.0 Å². The third kappa shape index (κ3) is 7.33. The number of alkyl halides is 3. The lowest BCUT2D eigenvalue weighted by atomic mass is 10.1. The molecule has 0 bridgehead atoms. The standard InChI is InChI=1S/C20H26F3N5OS/c1-13(18-24-10-14(2)30-18)9-25-19(27-12-17(29)28(3)4)26-11-15-6-5-7-16(8-15)20(21,22)23/h5-8,10,13H,9,11-12H2,1-4H3,(H2,25,26,27). The summed E-state index contributed by atoms with van der Waals surface area (Å²) in [4.78, 5) is 23.2. The highest BCUT2D eigenvalue weighted by Crippen LogP contribution is 2.29. The van der Waals surface area contributed by atoms with Crippen LogP contribution in [0.5, 0.6) is 0 Å². The van der Waals surface area contributed by atoms with Crippen LogP contribution in [0.15, 0.2) is 35.5 Å². The van der Waals surface area contributed by atoms with Gasteiger partial charge in [0.25, 0.3) is 0 Å². The summed E-state index contributed by atoms with van der Waals surface area (Å²) in [6.07, 6.45) is -2.59. The van der Waals surface area contributed by atoms with E-state index in [0.29, 0.717) is 18.1 Å². The van der Waals surface area contributed by atoms with Crippen LogP contribution in [0, 0.1) is 6.92 Å². The topological polar surface area (TPSA) is 69.6 Å². The first kappa shape index (κ1) is 23.7. The molecule has 1 unspecified atom stereocenters. The van der Waals surface area contributed by atoms with Crippen LogP contribution in [0.1, 0.15) is 33.9 Å². The minimum Gasteiger partial charge on any atom is -0.356 e. The van der Waals surface area contributed by atoms with Crippen LogP contribution in [0.3, 0.4) is 0 Å². The number of thiazole rings is 1. The quantitative estimate of drug-likeness (QED) is 0.511. The van der Waals surface area contributed by atoms with Gasteiger partial charge in [0.15, 0.2) is 5.96 Å². The van der Waals surface area contributed by atoms with Crippen molar-refractivity contribution in [1.82, 2.24) is 20.5 Å². The fourth-order valence-electron chi connectivity index (χ4n) is 2.45. The number of nitrogens with zero attached hydrogens (tertiary/aromatic N) is 3. The van der Waals surface area contributed by atoms with Gasteiger partial charge in [-0.2, -0.15) is 13.2 Å². The first-order valence-corrected chi connectivity index (χ1v) is 10.2. The molecule has 164 valence electrons. The molecule has 1 atom stereocenters. The van der Waals surface area contributed by atoms with E-state index in [1.807, 2.05) is 20.0 Å². The molecule has 6 nitrogen and oxygen atoms in total. The van der Waals surface area contributed by atoms with E-state index >= 15 is 0 Å². The Labute approximate surface area is 178 Å². The Morgan fingerprint density at radius 2 is 2.03 bits per heavy atom. The molecule has 2 rings (SSSR count). The van der Waals surface area contributed by atoms with Gasteiger partial charge >= 0.3 is 6.18 Å². The highest BCUT2D eigenvalue weighted by atomic mass is 32.1. The molecule has 0 fully saturated rings. The van der Waals surface area contributed by atoms with Gasteiger partial charge in [-0.05, 0) is 24.6 Å². The van der Waals surface area contributed by atoms with Crippen molar-refractivity contribution in [2.75, 3.05) is 27.2 Å². The largest absolute Gasteiger partial charge is 0.416 e. The number of guanidine groups is 1. The Hall–Kier alpha value is -2.62. The number of aryl methyl sites for hydroxylation is 1. The molecule has 0 aliphatic carbocycles. The minimum atomic E-state index is -4.40. The van der Waals surface area contributed by atoms with Gasteiger partial charge in [-0.25, -0.2) is 9.98 Å². The van der Waals surface area contributed by atoms with Crippen molar-refractivity contribution in [2.24, 2.45) is 4.99 Å². The predicted molar refractivity (Wildman–Crippen MR) is 113 cm³/mol. The average molecular weight is 442 g/mol. The molecule has 0 saturated carbocycles. The monoisotopic (exact) mass is 441 g/mol. The van der Waals surface area contributed by atoms with Crippen LogP contribution < -0.4 is 10.6 Å². The van der Waals surface area contributed by atoms with Crippen molar-refractivity contribution in [1.29, 1.82) is 0 Å². The fraction of sp³-hybridized carbons (Fsp3) is 0.450. The number of hydrogen-bond acceptors (Lipinski definition) is 4. The minimum absolute atomic E-state index is 0.0200. The van der Waals surface area contributed by atoms with Crippen molar-refractivity contribution in [2.45, 2.75) is 32.5 Å². The van der Waals surface area contributed by atoms with Crippen LogP contribution in [0.2, 0.25) is 0 Å². The SMILES string of the molecule is Cc1cnc(C(C)CNC(=NCc2cccc(C(F)(F)F)c2)NCC(=O)N(C)C)s1. The number of rotatable bonds is 7. The lowest BCUT2D eigenvalue weighted by Gasteiger charge is -2.17. The van der Waals surface area contributed by atoms with Gasteiger partial charge in [0.2, 0.25) is 5.91 Å². The number of aromatic nitrogens is 1. The molecule has 1 aromatic carbocycles. The van der Waals surface area contributed by atoms with Gasteiger partial charge in [0.05, 0.1) is 23.7 Å². The van der Waals surface area contributed by atoms with Gasteiger partial charge in [-0.1, -0.05) is 19.1 Å². The molecule has 1 aromatic heterocycles. The van der Waals surface area contributed by atoms with Crippen molar-refractivity contribution in [3.05, 3.63) is 51.5 Å². The molecule has 0 aliphatic heterocycles. The number of carbonyl (C=O) groups excluding carboxylic acids is 1. The number of likely N-dealkylation sites (N-methyl/N-ethyl adjacent to an activating group) is 1. The third-order valence-corrected chi connectivity index (χ3v) is 5.36. The zero-order valence-corrected chi connectivity index (χ0v) is 18.2. The zero-order valence-electron chi connectivity index (χ0n) is 17.4. The van der Waals surface area contributed by atoms with Crippen LogP contribution in [-0.2, 0) is 17.5 Å². The molecule has 0 saturated heterocycles. The highest BCUT2D eigenvalue weighted by Gasteiger charge is 2.30. The predicted octanol–water partition coefficient (Wildman–Crippen LogP) is 3.40. The number of amides is 1. The van der Waals surface area contributed by atoms with Crippen LogP contribution >= 0.6 is 11.3 Å². The van der Waals surface area contributed by atoms with E-state index in [9.17, 15) is 18.0 Å². The van der Waals surface area contributed by atoms with Crippen molar-refractivity contribution in [3.63, 3.8) is 0 Å². The van der Waals surface area contributed by atoms with E-state index in [4.69, 9.17) is 0 Å². The summed E-state index contributed by atoms with van der Waals surface area (Å²) in [6, 6.07) is 5.05. The first-order chi connectivity index (χ1) is 14.1. The number of carbonyl (C=O) groups is 1. The molecule has 2 N–H and O–H groups in total. The second kappa shape index (κ2) is 10.4. The smallest absolute Gasteiger partial charge is 0.356 e. The van der Waals surface area contributed by atoms with E-state index in [2.05, 4.69) is 20.6 Å². The summed E-state index contributed by atoms with van der Waals surface area (Å²) < 4.78 is 38.8. The summed E-state index contributed by atoms with van der Waals surface area (Å²) in [6.45, 7) is 4.57. The number of aliphatic imine (C=N–C) groups is 1. The Bertz CT molecular complexity index is 879. The summed E-state index contributed by atoms with van der Waals surface area (Å²) in [7, 11) is 3.29. The van der Waals surface area contributed by atoms with Crippen LogP contribution in [0.25, 0.3) is 0 Å². The Kier molecular flexibility index (Phi) is 8.22. The Balaban J connectivity index is 2.08. The molecule has 0 aliphatic rings. The number of benzene rings is 1. The molecule has 1 heterocycles. The van der Waals surface area contributed by atoms with Gasteiger partial charge in [0, 0.05) is 37.6 Å². The summed E-state index contributed by atoms with van der Waals surface area (Å²) in [5.74, 6) is 0.309. The molecule has 1 amide bonds. The molecule has 2 aromatic rings. The highest BCUT2D eigenvalue weighted by molar-refractivity contribution is 7.11. The van der Waals surface area contributed by atoms with Gasteiger partial charge in [-0.3, -0.25) is 4.79 Å². The summed E-state index contributed by atoms with van der Waals surface area (Å²) in [5, 5.41) is 7.06. The lowest BCUT2D eigenvalue weighted by Crippen LogP contribution is -2.43. The Morgan fingerprint density at radius 3 is 2.63 bits per heavy atom. The number of nitrogens with one attached hydrogen (secondary N) is 2. The van der Waals surface area contributed by atoms with Crippen molar-refractivity contribution in [3.8, 4) is 0 Å². The molecule has 10 heteroatoms. The third-order valence-electron chi connectivity index (χ3n) is 4.22. The summed E-state index contributed by atoms with van der Waals surface area (Å²) >= 11 is 1.61. The van der Waals surface area contributed by atoms with Crippen LogP contribution in [0.4, 0.5) is 13.2 Å². The van der Waals surface area contributed by atoms with Gasteiger partial charge in [0.1, 0.15) is 0 Å². The van der Waals surface area contributed by atoms with E-state index in [-0.39, 0.29) is 24.9 Å². The average Bonchev–Trinajstić information content (AvgIpc) is 3.12. The second-order valence-electron chi connectivity index (χ2n) is 7.10. The second-order valence-corrected chi connectivity index (χ2v) is 8.36. The molecule has 30 heavy (non-hydrogen) atoms. The molecule has 0 radical (unpaired) electrons. The maximum absolute atomic E-state index is 12.9. The summed E-state index contributed by atoms with van der Waals surface area (Å²) in [5.41, 5.74) is -0.290. The van der Waals surface area contributed by atoms with E-state index in [1.54, 1.807) is 31.5 Å². The maximum Gasteiger partial charge on any atom is 0.416 e. The van der Waals surface area contributed by atoms with E-state index in [0.717, 1.165) is 22.0 Å². The Morgan fingerprint density at radius 1 is 1.30 bits per heavy atom. The molecular formula is C20H26F3N5OS. The van der Waals surface area contributed by atoms with E-state index < -0.39 is 11.7 Å². The lowest BCUT2D eigenvalue weighted by molar-refractivity contribution is -0.137. The van der Waals surface area contributed by atoms with Crippen LogP contribution in [-0.4, -0.2) is 48.9 Å². The molecular weight excluding hydrogens is 415 g/mol. The maximum atomic E-state index is 12.9. The normalized spacial score (nSPS) is 13.1. The zero-order chi connectivity index (χ0) is 22.3.